The molecule has 2 N–H and O–H groups in total. The lowest BCUT2D eigenvalue weighted by molar-refractivity contribution is 0.656. The Hall–Kier alpha value is -2.88. The molecule has 3 heterocycles. The maximum Gasteiger partial charge on any atom is 0.0625 e. The maximum absolute atomic E-state index is 3.39. The van der Waals surface area contributed by atoms with Crippen LogP contribution in [0, 0.1) is 0 Å². The van der Waals surface area contributed by atoms with Gasteiger partial charge >= 0.3 is 0 Å². The molecular weight excluding hydrogens is 296 g/mol. The molecule has 0 atom stereocenters. The number of H-pyrrole nitrogens is 2. The van der Waals surface area contributed by atoms with E-state index in [9.17, 15) is 0 Å². The van der Waals surface area contributed by atoms with Crippen molar-refractivity contribution in [2.75, 3.05) is 36.0 Å². The summed E-state index contributed by atoms with van der Waals surface area (Å²) < 4.78 is 0. The van der Waals surface area contributed by atoms with E-state index in [0.29, 0.717) is 0 Å². The Kier molecular flexibility index (Phi) is 3.01. The molecule has 0 bridgehead atoms. The van der Waals surface area contributed by atoms with Gasteiger partial charge in [-0.25, -0.2) is 0 Å². The Balaban J connectivity index is 1.39. The van der Waals surface area contributed by atoms with Crippen molar-refractivity contribution < 1.29 is 0 Å². The summed E-state index contributed by atoms with van der Waals surface area (Å²) in [5.41, 5.74) is 5.08. The molecule has 5 rings (SSSR count). The predicted molar refractivity (Wildman–Crippen MR) is 101 cm³/mol. The molecule has 24 heavy (non-hydrogen) atoms. The highest BCUT2D eigenvalue weighted by atomic mass is 15.3. The molecule has 2 aromatic heterocycles. The minimum Gasteiger partial charge on any atom is -0.366 e. The molecule has 2 aromatic carbocycles. The number of anilines is 2. The van der Waals surface area contributed by atoms with Gasteiger partial charge < -0.3 is 19.8 Å². The molecule has 4 nitrogen and oxygen atoms in total. The number of hydrogen-bond acceptors (Lipinski definition) is 2. The predicted octanol–water partition coefficient (Wildman–Crippen LogP) is 3.98. The van der Waals surface area contributed by atoms with Gasteiger partial charge in [-0.1, -0.05) is 36.4 Å². The lowest BCUT2D eigenvalue weighted by Crippen LogP contribution is -2.46. The van der Waals surface area contributed by atoms with Crippen molar-refractivity contribution in [1.82, 2.24) is 9.97 Å². The fourth-order valence-corrected chi connectivity index (χ4v) is 3.82. The van der Waals surface area contributed by atoms with Gasteiger partial charge in [-0.15, -0.1) is 0 Å². The molecule has 0 unspecified atom stereocenters. The Morgan fingerprint density at radius 3 is 1.46 bits per heavy atom. The third-order valence-corrected chi connectivity index (χ3v) is 5.10. The summed E-state index contributed by atoms with van der Waals surface area (Å²) in [7, 11) is 0. The number of nitrogens with zero attached hydrogens (tertiary/aromatic N) is 2. The molecule has 1 fully saturated rings. The van der Waals surface area contributed by atoms with E-state index in [4.69, 9.17) is 0 Å². The third kappa shape index (κ3) is 2.07. The highest BCUT2D eigenvalue weighted by Crippen LogP contribution is 2.30. The normalized spacial score (nSPS) is 15.5. The number of benzene rings is 2. The minimum atomic E-state index is 1.04. The van der Waals surface area contributed by atoms with Crippen LogP contribution in [-0.2, 0) is 0 Å². The van der Waals surface area contributed by atoms with E-state index in [1.54, 1.807) is 0 Å². The second-order valence-corrected chi connectivity index (χ2v) is 6.41. The van der Waals surface area contributed by atoms with Crippen LogP contribution in [0.3, 0.4) is 0 Å². The SMILES string of the molecule is c1ccc2c(N3CCN(c4c[nH]c5ccccc45)CC3)c[nH]c2c1. The first-order valence-corrected chi connectivity index (χ1v) is 8.52. The second kappa shape index (κ2) is 5.34. The van der Waals surface area contributed by atoms with Gasteiger partial charge in [-0.05, 0) is 12.1 Å². The van der Waals surface area contributed by atoms with Gasteiger partial charge in [-0.3, -0.25) is 0 Å². The Morgan fingerprint density at radius 1 is 0.583 bits per heavy atom. The summed E-state index contributed by atoms with van der Waals surface area (Å²) in [4.78, 5) is 11.8. The smallest absolute Gasteiger partial charge is 0.0625 e. The number of rotatable bonds is 2. The van der Waals surface area contributed by atoms with E-state index in [2.05, 4.69) is 80.7 Å². The van der Waals surface area contributed by atoms with E-state index < -0.39 is 0 Å². The molecule has 0 amide bonds. The molecular formula is C20H20N4. The summed E-state index contributed by atoms with van der Waals surface area (Å²) in [5.74, 6) is 0. The van der Waals surface area contributed by atoms with Gasteiger partial charge in [0.1, 0.15) is 0 Å². The first-order valence-electron chi connectivity index (χ1n) is 8.52. The molecule has 0 radical (unpaired) electrons. The zero-order valence-corrected chi connectivity index (χ0v) is 13.5. The molecule has 1 aliphatic rings. The second-order valence-electron chi connectivity index (χ2n) is 6.41. The van der Waals surface area contributed by atoms with Crippen LogP contribution in [0.4, 0.5) is 11.4 Å². The van der Waals surface area contributed by atoms with Crippen LogP contribution in [-0.4, -0.2) is 36.1 Å². The van der Waals surface area contributed by atoms with Crippen molar-refractivity contribution >= 4 is 33.2 Å². The van der Waals surface area contributed by atoms with Crippen molar-refractivity contribution in [2.24, 2.45) is 0 Å². The Bertz CT molecular complexity index is 907. The van der Waals surface area contributed by atoms with Gasteiger partial charge in [0.15, 0.2) is 0 Å². The van der Waals surface area contributed by atoms with Gasteiger partial charge in [0, 0.05) is 60.4 Å². The minimum absolute atomic E-state index is 1.04. The molecule has 4 aromatic rings. The van der Waals surface area contributed by atoms with Gasteiger partial charge in [0.2, 0.25) is 0 Å². The number of aromatic nitrogens is 2. The van der Waals surface area contributed by atoms with Crippen molar-refractivity contribution in [3.8, 4) is 0 Å². The number of piperazine rings is 1. The van der Waals surface area contributed by atoms with Crippen LogP contribution >= 0.6 is 0 Å². The molecule has 4 heteroatoms. The zero-order chi connectivity index (χ0) is 15.9. The fraction of sp³-hybridized carbons (Fsp3) is 0.200. The molecule has 1 aliphatic heterocycles. The summed E-state index contributed by atoms with van der Waals surface area (Å²) in [6.45, 7) is 4.17. The van der Waals surface area contributed by atoms with Crippen LogP contribution in [0.5, 0.6) is 0 Å². The van der Waals surface area contributed by atoms with Crippen molar-refractivity contribution in [3.05, 3.63) is 60.9 Å². The maximum atomic E-state index is 3.39. The highest BCUT2D eigenvalue weighted by molar-refractivity contribution is 5.94. The summed E-state index contributed by atoms with van der Waals surface area (Å²) >= 11 is 0. The molecule has 0 saturated carbocycles. The van der Waals surface area contributed by atoms with Crippen LogP contribution < -0.4 is 9.80 Å². The average Bonchev–Trinajstić information content (AvgIpc) is 3.26. The number of fused-ring (bicyclic) bond motifs is 2. The number of nitrogens with one attached hydrogen (secondary N) is 2. The molecule has 0 spiro atoms. The van der Waals surface area contributed by atoms with Crippen LogP contribution in [0.25, 0.3) is 21.8 Å². The lowest BCUT2D eigenvalue weighted by Gasteiger charge is -2.36. The topological polar surface area (TPSA) is 38.1 Å². The van der Waals surface area contributed by atoms with Crippen LogP contribution in [0.15, 0.2) is 60.9 Å². The molecule has 0 aliphatic carbocycles. The largest absolute Gasteiger partial charge is 0.366 e. The monoisotopic (exact) mass is 316 g/mol. The van der Waals surface area contributed by atoms with Crippen molar-refractivity contribution in [3.63, 3.8) is 0 Å². The number of hydrogen-bond donors (Lipinski definition) is 2. The number of para-hydroxylation sites is 2. The Morgan fingerprint density at radius 2 is 1.00 bits per heavy atom. The zero-order valence-electron chi connectivity index (χ0n) is 13.5. The first kappa shape index (κ1) is 13.5. The van der Waals surface area contributed by atoms with Crippen molar-refractivity contribution in [2.45, 2.75) is 0 Å². The summed E-state index contributed by atoms with van der Waals surface area (Å²) in [5, 5.41) is 2.64. The molecule has 120 valence electrons. The van der Waals surface area contributed by atoms with E-state index in [1.807, 2.05) is 0 Å². The highest BCUT2D eigenvalue weighted by Gasteiger charge is 2.21. The molecule has 1 saturated heterocycles. The quantitative estimate of drug-likeness (QED) is 0.587. The van der Waals surface area contributed by atoms with Gasteiger partial charge in [0.25, 0.3) is 0 Å². The standard InChI is InChI=1S/C20H20N4/c1-3-7-17-15(5-1)19(13-21-17)23-9-11-24(12-10-23)20-14-22-18-8-4-2-6-16(18)20/h1-8,13-14,21-22H,9-12H2. The van der Waals surface area contributed by atoms with E-state index in [1.165, 1.54) is 33.2 Å². The van der Waals surface area contributed by atoms with Gasteiger partial charge in [0.05, 0.1) is 11.4 Å². The van der Waals surface area contributed by atoms with E-state index >= 15 is 0 Å². The summed E-state index contributed by atoms with van der Waals surface area (Å²) in [6.07, 6.45) is 4.29. The van der Waals surface area contributed by atoms with Crippen LogP contribution in [0.1, 0.15) is 0 Å². The average molecular weight is 316 g/mol. The number of aromatic amines is 2. The fourth-order valence-electron chi connectivity index (χ4n) is 3.82. The third-order valence-electron chi connectivity index (χ3n) is 5.10. The lowest BCUT2D eigenvalue weighted by atomic mass is 10.2. The first-order chi connectivity index (χ1) is 11.9. The van der Waals surface area contributed by atoms with E-state index in [-0.39, 0.29) is 0 Å². The van der Waals surface area contributed by atoms with Gasteiger partial charge in [-0.2, -0.15) is 0 Å². The summed E-state index contributed by atoms with van der Waals surface area (Å²) in [6, 6.07) is 17.1. The van der Waals surface area contributed by atoms with Crippen molar-refractivity contribution in [1.29, 1.82) is 0 Å². The van der Waals surface area contributed by atoms with E-state index in [0.717, 1.165) is 26.2 Å². The Labute approximate surface area is 140 Å². The van der Waals surface area contributed by atoms with Crippen LogP contribution in [0.2, 0.25) is 0 Å².